The maximum atomic E-state index is 13.7. The quantitative estimate of drug-likeness (QED) is 0.191. The summed E-state index contributed by atoms with van der Waals surface area (Å²) >= 11 is 6.96. The number of amides is 2. The Hall–Kier alpha value is -5.03. The van der Waals surface area contributed by atoms with Crippen LogP contribution in [-0.2, 0) is 49.6 Å². The van der Waals surface area contributed by atoms with Crippen LogP contribution in [0.15, 0.2) is 36.4 Å². The van der Waals surface area contributed by atoms with Gasteiger partial charge in [-0.15, -0.1) is 0 Å². The van der Waals surface area contributed by atoms with Crippen molar-refractivity contribution in [2.45, 2.75) is 64.5 Å². The summed E-state index contributed by atoms with van der Waals surface area (Å²) in [7, 11) is 5.19. The number of methoxy groups -OCH3 is 1. The number of esters is 1. The van der Waals surface area contributed by atoms with Crippen LogP contribution in [-0.4, -0.2) is 68.5 Å². The first-order chi connectivity index (χ1) is 26.0. The number of nitrogens with zero attached hydrogens (tertiary/aromatic N) is 6. The maximum absolute atomic E-state index is 13.7. The Morgan fingerprint density at radius 3 is 2.26 bits per heavy atom. The highest BCUT2D eigenvalue weighted by Gasteiger charge is 2.58. The minimum Gasteiger partial charge on any atom is -0.469 e. The molecule has 2 aromatic heterocycles. The van der Waals surface area contributed by atoms with Gasteiger partial charge in [0.1, 0.15) is 6.07 Å². The van der Waals surface area contributed by atoms with Gasteiger partial charge < -0.3 is 29.8 Å². The number of carbonyl (C=O) groups excluding carboxylic acids is 3. The van der Waals surface area contributed by atoms with Crippen LogP contribution in [0, 0.1) is 22.2 Å². The Balaban J connectivity index is 0.960. The van der Waals surface area contributed by atoms with E-state index in [0.717, 1.165) is 93.8 Å². The zero-order valence-corrected chi connectivity index (χ0v) is 31.6. The lowest BCUT2D eigenvalue weighted by atomic mass is 9.80. The molecule has 4 aromatic rings. The summed E-state index contributed by atoms with van der Waals surface area (Å²) in [5.41, 5.74) is 5.71. The largest absolute Gasteiger partial charge is 0.469 e. The number of aromatic nitrogens is 4. The van der Waals surface area contributed by atoms with E-state index in [-0.39, 0.29) is 39.1 Å². The first kappa shape index (κ1) is 36.0. The average Bonchev–Trinajstić information content (AvgIpc) is 3.94. The Morgan fingerprint density at radius 1 is 0.926 bits per heavy atom. The number of benzene rings is 2. The normalized spacial score (nSPS) is 21.6. The number of rotatable bonds is 9. The fourth-order valence-corrected chi connectivity index (χ4v) is 9.66. The Kier molecular flexibility index (Phi) is 9.32. The summed E-state index contributed by atoms with van der Waals surface area (Å²) in [6.07, 6.45) is 7.52. The number of nitriles is 1. The van der Waals surface area contributed by atoms with Crippen LogP contribution in [0.3, 0.4) is 0 Å². The fraction of sp³-hybridized carbons (Fsp3) is 0.450. The van der Waals surface area contributed by atoms with Gasteiger partial charge in [-0.2, -0.15) is 5.26 Å². The second-order valence-corrected chi connectivity index (χ2v) is 15.7. The molecule has 2 amide bonds. The zero-order chi connectivity index (χ0) is 37.8. The summed E-state index contributed by atoms with van der Waals surface area (Å²) in [6.45, 7) is 3.89. The number of anilines is 2. The van der Waals surface area contributed by atoms with Gasteiger partial charge in [-0.1, -0.05) is 35.9 Å². The first-order valence-electron chi connectivity index (χ1n) is 18.6. The van der Waals surface area contributed by atoms with Gasteiger partial charge in [-0.25, -0.2) is 9.97 Å². The summed E-state index contributed by atoms with van der Waals surface area (Å²) in [5.74, 6) is -0.277. The fourth-order valence-electron chi connectivity index (χ4n) is 9.39. The molecule has 3 N–H and O–H groups in total. The van der Waals surface area contributed by atoms with Crippen LogP contribution in [0.1, 0.15) is 88.1 Å². The van der Waals surface area contributed by atoms with E-state index in [4.69, 9.17) is 21.3 Å². The number of carbonyl (C=O) groups is 3. The van der Waals surface area contributed by atoms with E-state index < -0.39 is 5.91 Å². The molecule has 280 valence electrons. The molecule has 0 saturated heterocycles. The third kappa shape index (κ3) is 6.16. The van der Waals surface area contributed by atoms with Crippen molar-refractivity contribution < 1.29 is 19.1 Å². The van der Waals surface area contributed by atoms with Gasteiger partial charge in [0, 0.05) is 75.6 Å². The minimum atomic E-state index is -0.414. The Bertz CT molecular complexity index is 2230. The smallest absolute Gasteiger partial charge is 0.311 e. The van der Waals surface area contributed by atoms with E-state index in [1.54, 1.807) is 36.4 Å². The number of hydrogen-bond donors (Lipinski definition) is 3. The molecule has 2 aromatic carbocycles. The third-order valence-electron chi connectivity index (χ3n) is 12.4. The molecule has 2 fully saturated rings. The molecule has 2 aliphatic heterocycles. The van der Waals surface area contributed by atoms with Crippen LogP contribution in [0.25, 0.3) is 11.1 Å². The minimum absolute atomic E-state index is 0.0453. The van der Waals surface area contributed by atoms with Gasteiger partial charge in [0.2, 0.25) is 0 Å². The van der Waals surface area contributed by atoms with E-state index in [0.29, 0.717) is 41.4 Å². The lowest BCUT2D eigenvalue weighted by Gasteiger charge is -2.32. The molecule has 0 atom stereocenters. The van der Waals surface area contributed by atoms with Crippen LogP contribution in [0.5, 0.6) is 0 Å². The molecule has 14 heteroatoms. The molecule has 54 heavy (non-hydrogen) atoms. The standard InChI is InChI=1S/C40H44ClN9O4/c1-48-31-10-17-43-21-29(31)44-34(48)36(51)46-27-8-4-6-24(26(27)20-42)25-7-5-9-28(33(25)41)47-37(52)35-45-30-22-50(18-11-32(30)49(35)2)19-16-39-12-14-40(23-39,15-13-39)38(53)54-3/h4-9,43H,10-19,21-23H2,1-3H3,(H,46,51)(H,47,52). The van der Waals surface area contributed by atoms with E-state index in [1.807, 2.05) is 23.2 Å². The molecule has 8 rings (SSSR count). The topological polar surface area (TPSA) is 159 Å². The summed E-state index contributed by atoms with van der Waals surface area (Å²) in [6, 6.07) is 12.7. The van der Waals surface area contributed by atoms with Crippen molar-refractivity contribution >= 4 is 40.8 Å². The molecular formula is C40H44ClN9O4. The van der Waals surface area contributed by atoms with E-state index >= 15 is 0 Å². The van der Waals surface area contributed by atoms with Crippen LogP contribution >= 0.6 is 11.6 Å². The van der Waals surface area contributed by atoms with Crippen molar-refractivity contribution in [2.75, 3.05) is 37.4 Å². The number of halogens is 1. The second kappa shape index (κ2) is 14.0. The van der Waals surface area contributed by atoms with E-state index in [1.165, 1.54) is 7.11 Å². The molecule has 4 aliphatic rings. The van der Waals surface area contributed by atoms with Gasteiger partial charge in [-0.05, 0) is 62.6 Å². The predicted octanol–water partition coefficient (Wildman–Crippen LogP) is 5.37. The first-order valence-corrected chi connectivity index (χ1v) is 19.0. The van der Waals surface area contributed by atoms with Crippen molar-refractivity contribution in [1.29, 1.82) is 5.26 Å². The third-order valence-corrected chi connectivity index (χ3v) is 12.8. The van der Waals surface area contributed by atoms with Crippen molar-refractivity contribution in [1.82, 2.24) is 29.3 Å². The van der Waals surface area contributed by atoms with Gasteiger partial charge in [0.25, 0.3) is 11.8 Å². The molecule has 2 aliphatic carbocycles. The summed E-state index contributed by atoms with van der Waals surface area (Å²) in [4.78, 5) is 51.4. The Labute approximate surface area is 319 Å². The highest BCUT2D eigenvalue weighted by atomic mass is 35.5. The van der Waals surface area contributed by atoms with Crippen molar-refractivity contribution in [3.05, 3.63) is 81.4 Å². The molecule has 13 nitrogen and oxygen atoms in total. The molecule has 0 radical (unpaired) electrons. The molecular weight excluding hydrogens is 706 g/mol. The number of imidazole rings is 2. The number of ether oxygens (including phenoxy) is 1. The molecule has 2 saturated carbocycles. The highest BCUT2D eigenvalue weighted by Crippen LogP contribution is 2.63. The monoisotopic (exact) mass is 749 g/mol. The van der Waals surface area contributed by atoms with Gasteiger partial charge >= 0.3 is 5.97 Å². The average molecular weight is 750 g/mol. The summed E-state index contributed by atoms with van der Waals surface area (Å²) in [5, 5.41) is 19.7. The number of fused-ring (bicyclic) bond motifs is 4. The van der Waals surface area contributed by atoms with Crippen LogP contribution in [0.2, 0.25) is 5.02 Å². The van der Waals surface area contributed by atoms with Gasteiger partial charge in [-0.3, -0.25) is 19.3 Å². The van der Waals surface area contributed by atoms with Crippen LogP contribution < -0.4 is 16.0 Å². The van der Waals surface area contributed by atoms with Gasteiger partial charge in [0.15, 0.2) is 11.6 Å². The lowest BCUT2D eigenvalue weighted by Crippen LogP contribution is -2.34. The number of nitrogens with one attached hydrogen (secondary N) is 3. The number of hydrogen-bond acceptors (Lipinski definition) is 9. The molecule has 0 unspecified atom stereocenters. The zero-order valence-electron chi connectivity index (χ0n) is 30.9. The van der Waals surface area contributed by atoms with E-state index in [9.17, 15) is 19.6 Å². The predicted molar refractivity (Wildman–Crippen MR) is 203 cm³/mol. The molecule has 0 spiro atoms. The second-order valence-electron chi connectivity index (χ2n) is 15.3. The van der Waals surface area contributed by atoms with Crippen molar-refractivity contribution in [2.24, 2.45) is 24.9 Å². The van der Waals surface area contributed by atoms with Gasteiger partial charge in [0.05, 0.1) is 45.9 Å². The lowest BCUT2D eigenvalue weighted by molar-refractivity contribution is -0.152. The highest BCUT2D eigenvalue weighted by molar-refractivity contribution is 6.36. The van der Waals surface area contributed by atoms with Crippen molar-refractivity contribution in [3.63, 3.8) is 0 Å². The maximum Gasteiger partial charge on any atom is 0.311 e. The van der Waals surface area contributed by atoms with Crippen molar-refractivity contribution in [3.8, 4) is 17.2 Å². The van der Waals surface area contributed by atoms with Crippen LogP contribution in [0.4, 0.5) is 11.4 Å². The molecule has 2 bridgehead atoms. The summed E-state index contributed by atoms with van der Waals surface area (Å²) < 4.78 is 8.83. The SMILES string of the molecule is COC(=O)C12CCC(CCN3CCc4c(nc(C(=O)Nc5cccc(-c6cccc(NC(=O)c7nc8c(n7C)CCNC8)c6C#N)c5Cl)n4C)C3)(CC1)C2. The Morgan fingerprint density at radius 2 is 1.57 bits per heavy atom. The van der Waals surface area contributed by atoms with E-state index in [2.05, 4.69) is 31.9 Å². The molecule has 4 heterocycles.